The van der Waals surface area contributed by atoms with E-state index < -0.39 is 25.8 Å². The van der Waals surface area contributed by atoms with Crippen molar-refractivity contribution in [3.63, 3.8) is 0 Å². The third-order valence-electron chi connectivity index (χ3n) is 3.76. The van der Waals surface area contributed by atoms with Crippen LogP contribution >= 0.6 is 0 Å². The summed E-state index contributed by atoms with van der Waals surface area (Å²) in [5.74, 6) is -0.741. The summed E-state index contributed by atoms with van der Waals surface area (Å²) < 4.78 is 47.2. The Bertz CT molecular complexity index is 816. The lowest BCUT2D eigenvalue weighted by Gasteiger charge is -2.12. The fraction of sp³-hybridized carbons (Fsp3) is 0.500. The number of carbonyl (C=O) groups is 1. The minimum atomic E-state index is -3.87. The Balaban J connectivity index is 1.97. The van der Waals surface area contributed by atoms with Gasteiger partial charge in [-0.05, 0) is 43.4 Å². The summed E-state index contributed by atoms with van der Waals surface area (Å²) in [6, 6.07) is 5.01. The predicted octanol–water partition coefficient (Wildman–Crippen LogP) is 0.438. The molecule has 0 aliphatic carbocycles. The summed E-state index contributed by atoms with van der Waals surface area (Å²) in [7, 11) is -6.92. The molecule has 0 bridgehead atoms. The van der Waals surface area contributed by atoms with Crippen molar-refractivity contribution in [2.75, 3.05) is 11.5 Å². The van der Waals surface area contributed by atoms with Gasteiger partial charge in [0.25, 0.3) is 10.0 Å². The van der Waals surface area contributed by atoms with Gasteiger partial charge in [0.1, 0.15) is 0 Å². The monoisotopic (exact) mass is 360 g/mol. The topological polar surface area (TPSA) is 109 Å². The number of hydrogen-bond donors (Lipinski definition) is 2. The average Bonchev–Trinajstić information content (AvgIpc) is 2.78. The minimum absolute atomic E-state index is 0.0193. The minimum Gasteiger partial charge on any atom is -0.278 e. The number of sulfone groups is 1. The summed E-state index contributed by atoms with van der Waals surface area (Å²) in [5, 5.41) is 0. The quantitative estimate of drug-likeness (QED) is 0.741. The van der Waals surface area contributed by atoms with E-state index >= 15 is 0 Å². The van der Waals surface area contributed by atoms with Crippen molar-refractivity contribution in [1.29, 1.82) is 0 Å². The molecule has 9 heteroatoms. The Morgan fingerprint density at radius 3 is 2.61 bits per heavy atom. The maximum atomic E-state index is 12.2. The van der Waals surface area contributed by atoms with Gasteiger partial charge in [0, 0.05) is 6.42 Å². The van der Waals surface area contributed by atoms with E-state index in [1.165, 1.54) is 6.07 Å². The van der Waals surface area contributed by atoms with Crippen LogP contribution in [0.1, 0.15) is 24.0 Å². The molecular formula is C14H20N2O5S2. The fourth-order valence-electron chi connectivity index (χ4n) is 2.52. The standard InChI is InChI=1S/C14H20N2O5S2/c1-10-3-4-11(2)13(7-10)23(20,21)16-15-14(17)8-12-5-6-22(18,19)9-12/h3-4,7,12,16H,5-6,8-9H2,1-2H3,(H,15,17)/t12-/m0/s1. The lowest BCUT2D eigenvalue weighted by Crippen LogP contribution is -2.42. The van der Waals surface area contributed by atoms with E-state index in [2.05, 4.69) is 10.3 Å². The molecule has 128 valence electrons. The average molecular weight is 360 g/mol. The van der Waals surface area contributed by atoms with E-state index in [0.29, 0.717) is 12.0 Å². The maximum Gasteiger partial charge on any atom is 0.257 e. The lowest BCUT2D eigenvalue weighted by atomic mass is 10.1. The SMILES string of the molecule is Cc1ccc(C)c(S(=O)(=O)NNC(=O)C[C@@H]2CCS(=O)(=O)C2)c1. The molecule has 0 aromatic heterocycles. The Hall–Kier alpha value is -1.45. The summed E-state index contributed by atoms with van der Waals surface area (Å²) in [6.07, 6.45) is 0.411. The molecular weight excluding hydrogens is 340 g/mol. The van der Waals surface area contributed by atoms with E-state index in [0.717, 1.165) is 5.56 Å². The van der Waals surface area contributed by atoms with Crippen molar-refractivity contribution in [3.05, 3.63) is 29.3 Å². The second kappa shape index (κ2) is 6.58. The molecule has 1 aliphatic rings. The number of nitrogens with one attached hydrogen (secondary N) is 2. The highest BCUT2D eigenvalue weighted by atomic mass is 32.2. The van der Waals surface area contributed by atoms with Gasteiger partial charge in [0.05, 0.1) is 16.4 Å². The van der Waals surface area contributed by atoms with Gasteiger partial charge in [-0.25, -0.2) is 16.8 Å². The van der Waals surface area contributed by atoms with Gasteiger partial charge in [-0.3, -0.25) is 10.2 Å². The Morgan fingerprint density at radius 2 is 2.00 bits per heavy atom. The first-order chi connectivity index (χ1) is 10.6. The zero-order valence-electron chi connectivity index (χ0n) is 13.0. The second-order valence-corrected chi connectivity index (χ2v) is 9.78. The molecule has 1 amide bonds. The predicted molar refractivity (Wildman–Crippen MR) is 85.8 cm³/mol. The lowest BCUT2D eigenvalue weighted by molar-refractivity contribution is -0.122. The van der Waals surface area contributed by atoms with Crippen LogP contribution in [0.2, 0.25) is 0 Å². The fourth-order valence-corrected chi connectivity index (χ4v) is 5.58. The van der Waals surface area contributed by atoms with Crippen molar-refractivity contribution in [2.45, 2.75) is 31.6 Å². The molecule has 1 atom stereocenters. The van der Waals surface area contributed by atoms with Crippen molar-refractivity contribution in [2.24, 2.45) is 5.92 Å². The van der Waals surface area contributed by atoms with E-state index in [1.807, 2.05) is 0 Å². The Morgan fingerprint density at radius 1 is 1.30 bits per heavy atom. The summed E-state index contributed by atoms with van der Waals surface area (Å²) >= 11 is 0. The molecule has 7 nitrogen and oxygen atoms in total. The van der Waals surface area contributed by atoms with Gasteiger partial charge in [-0.1, -0.05) is 12.1 Å². The van der Waals surface area contributed by atoms with Crippen LogP contribution in [0, 0.1) is 19.8 Å². The number of hydrogen-bond acceptors (Lipinski definition) is 5. The first-order valence-corrected chi connectivity index (χ1v) is 10.5. The number of amides is 1. The van der Waals surface area contributed by atoms with Gasteiger partial charge in [0.15, 0.2) is 9.84 Å². The normalized spacial score (nSPS) is 20.3. The molecule has 1 heterocycles. The first-order valence-electron chi connectivity index (χ1n) is 7.17. The summed E-state index contributed by atoms with van der Waals surface area (Å²) in [6.45, 7) is 3.44. The molecule has 0 spiro atoms. The van der Waals surface area contributed by atoms with Crippen molar-refractivity contribution < 1.29 is 21.6 Å². The number of carbonyl (C=O) groups excluding carboxylic acids is 1. The van der Waals surface area contributed by atoms with Gasteiger partial charge >= 0.3 is 0 Å². The van der Waals surface area contributed by atoms with Crippen LogP contribution in [0.15, 0.2) is 23.1 Å². The molecule has 1 saturated heterocycles. The molecule has 1 fully saturated rings. The summed E-state index contributed by atoms with van der Waals surface area (Å²) in [4.78, 5) is 14.0. The summed E-state index contributed by atoms with van der Waals surface area (Å²) in [5.41, 5.74) is 3.51. The van der Waals surface area contributed by atoms with Crippen LogP contribution in [0.5, 0.6) is 0 Å². The highest BCUT2D eigenvalue weighted by molar-refractivity contribution is 7.91. The number of aryl methyl sites for hydroxylation is 2. The molecule has 0 unspecified atom stereocenters. The molecule has 0 radical (unpaired) electrons. The van der Waals surface area contributed by atoms with E-state index in [1.54, 1.807) is 26.0 Å². The molecule has 2 N–H and O–H groups in total. The smallest absolute Gasteiger partial charge is 0.257 e. The first kappa shape index (κ1) is 17.9. The van der Waals surface area contributed by atoms with Gasteiger partial charge in [-0.2, -0.15) is 0 Å². The molecule has 23 heavy (non-hydrogen) atoms. The highest BCUT2D eigenvalue weighted by Crippen LogP contribution is 2.21. The number of benzene rings is 1. The van der Waals surface area contributed by atoms with E-state index in [-0.39, 0.29) is 28.7 Å². The zero-order chi connectivity index (χ0) is 17.3. The molecule has 1 aromatic carbocycles. The Labute approximate surface area is 136 Å². The van der Waals surface area contributed by atoms with Gasteiger partial charge < -0.3 is 0 Å². The van der Waals surface area contributed by atoms with Gasteiger partial charge in [-0.15, -0.1) is 4.83 Å². The maximum absolute atomic E-state index is 12.2. The van der Waals surface area contributed by atoms with Gasteiger partial charge in [0.2, 0.25) is 5.91 Å². The number of rotatable bonds is 5. The van der Waals surface area contributed by atoms with E-state index in [4.69, 9.17) is 0 Å². The van der Waals surface area contributed by atoms with Crippen LogP contribution in [-0.2, 0) is 24.7 Å². The Kier molecular flexibility index (Phi) is 5.12. The van der Waals surface area contributed by atoms with Crippen molar-refractivity contribution >= 4 is 25.8 Å². The largest absolute Gasteiger partial charge is 0.278 e. The molecule has 1 aliphatic heterocycles. The molecule has 1 aromatic rings. The van der Waals surface area contributed by atoms with Crippen molar-refractivity contribution in [3.8, 4) is 0 Å². The number of hydrazine groups is 1. The molecule has 0 saturated carbocycles. The van der Waals surface area contributed by atoms with Crippen LogP contribution in [0.25, 0.3) is 0 Å². The van der Waals surface area contributed by atoms with E-state index in [9.17, 15) is 21.6 Å². The van der Waals surface area contributed by atoms with Crippen LogP contribution < -0.4 is 10.3 Å². The third-order valence-corrected chi connectivity index (χ3v) is 6.99. The number of sulfonamides is 1. The van der Waals surface area contributed by atoms with Crippen molar-refractivity contribution in [1.82, 2.24) is 10.3 Å². The highest BCUT2D eigenvalue weighted by Gasteiger charge is 2.29. The zero-order valence-corrected chi connectivity index (χ0v) is 14.6. The van der Waals surface area contributed by atoms with Crippen LogP contribution in [-0.4, -0.2) is 34.2 Å². The molecule has 2 rings (SSSR count). The van der Waals surface area contributed by atoms with Crippen LogP contribution in [0.4, 0.5) is 0 Å². The van der Waals surface area contributed by atoms with Crippen LogP contribution in [0.3, 0.4) is 0 Å². The second-order valence-electron chi connectivity index (χ2n) is 5.90. The third kappa shape index (κ3) is 4.76.